The number of hydrogen-bond donors (Lipinski definition) is 1. The molecule has 1 heterocycles. The maximum absolute atomic E-state index is 14.5. The van der Waals surface area contributed by atoms with Crippen molar-refractivity contribution in [1.29, 1.82) is 0 Å². The van der Waals surface area contributed by atoms with E-state index in [1.54, 1.807) is 0 Å². The van der Waals surface area contributed by atoms with E-state index in [1.807, 2.05) is 0 Å². The minimum Gasteiger partial charge on any atom is -0.479 e. The molecule has 0 fully saturated rings. The van der Waals surface area contributed by atoms with Gasteiger partial charge in [0.2, 0.25) is 0 Å². The van der Waals surface area contributed by atoms with E-state index in [2.05, 4.69) is 0 Å². The van der Waals surface area contributed by atoms with Crippen molar-refractivity contribution in [2.24, 2.45) is 7.05 Å². The number of benzene rings is 1. The normalized spacial score (nSPS) is 13.4. The number of halogens is 9. The van der Waals surface area contributed by atoms with Crippen LogP contribution in [-0.4, -0.2) is 27.9 Å². The zero-order valence-electron chi connectivity index (χ0n) is 15.1. The van der Waals surface area contributed by atoms with Crippen molar-refractivity contribution in [3.05, 3.63) is 38.8 Å². The minimum absolute atomic E-state index is 0.00677. The lowest BCUT2D eigenvalue weighted by molar-refractivity contribution is -0.291. The van der Waals surface area contributed by atoms with Crippen LogP contribution in [0.1, 0.15) is 19.0 Å². The molecular formula is C17H12Cl3F6NO3. The first-order valence-corrected chi connectivity index (χ1v) is 9.16. The summed E-state index contributed by atoms with van der Waals surface area (Å²) in [5, 5.41) is 6.87. The van der Waals surface area contributed by atoms with Gasteiger partial charge in [0, 0.05) is 18.2 Å². The zero-order valence-corrected chi connectivity index (χ0v) is 17.3. The van der Waals surface area contributed by atoms with Gasteiger partial charge in [-0.1, -0.05) is 41.7 Å². The van der Waals surface area contributed by atoms with Crippen molar-refractivity contribution in [3.63, 3.8) is 0 Å². The topological polar surface area (TPSA) is 51.5 Å². The molecule has 4 nitrogen and oxygen atoms in total. The second-order valence-corrected chi connectivity index (χ2v) is 7.22. The highest BCUT2D eigenvalue weighted by Gasteiger charge is 2.61. The van der Waals surface area contributed by atoms with Crippen molar-refractivity contribution in [3.8, 4) is 16.9 Å². The molecule has 0 saturated heterocycles. The summed E-state index contributed by atoms with van der Waals surface area (Å²) in [7, 11) is 0.801. The van der Waals surface area contributed by atoms with Crippen LogP contribution in [0.25, 0.3) is 11.1 Å². The molecule has 30 heavy (non-hydrogen) atoms. The Hall–Kier alpha value is -1.78. The van der Waals surface area contributed by atoms with Crippen LogP contribution < -0.4 is 4.74 Å². The Morgan fingerprint density at radius 3 is 2.23 bits per heavy atom. The van der Waals surface area contributed by atoms with Crippen molar-refractivity contribution >= 4 is 40.8 Å². The third-order valence-corrected chi connectivity index (χ3v) is 5.23. The quantitative estimate of drug-likeness (QED) is 0.452. The van der Waals surface area contributed by atoms with Gasteiger partial charge >= 0.3 is 18.1 Å². The van der Waals surface area contributed by atoms with Gasteiger partial charge in [-0.25, -0.2) is 9.18 Å². The highest BCUT2D eigenvalue weighted by molar-refractivity contribution is 6.40. The first-order chi connectivity index (χ1) is 13.6. The lowest BCUT2D eigenvalue weighted by Gasteiger charge is -2.20. The van der Waals surface area contributed by atoms with Gasteiger partial charge in [0.15, 0.2) is 6.10 Å². The molecule has 1 N–H and O–H groups in total. The fourth-order valence-electron chi connectivity index (χ4n) is 2.61. The average molecular weight is 499 g/mol. The highest BCUT2D eigenvalue weighted by atomic mass is 35.5. The first-order valence-electron chi connectivity index (χ1n) is 8.02. The molecule has 13 heteroatoms. The molecule has 2 rings (SSSR count). The molecule has 1 aromatic carbocycles. The number of carbonyl (C=O) groups is 1. The number of carboxylic acid groups (broad SMARTS) is 1. The van der Waals surface area contributed by atoms with Crippen molar-refractivity contribution in [1.82, 2.24) is 4.57 Å². The van der Waals surface area contributed by atoms with Crippen LogP contribution in [0.5, 0.6) is 5.75 Å². The second kappa shape index (κ2) is 8.39. The van der Waals surface area contributed by atoms with Crippen LogP contribution in [-0.2, 0) is 17.8 Å². The monoisotopic (exact) mass is 497 g/mol. The van der Waals surface area contributed by atoms with Crippen LogP contribution in [0.4, 0.5) is 26.3 Å². The van der Waals surface area contributed by atoms with Gasteiger partial charge in [-0.3, -0.25) is 0 Å². The fourth-order valence-corrected chi connectivity index (χ4v) is 3.57. The Morgan fingerprint density at radius 2 is 1.77 bits per heavy atom. The predicted molar refractivity (Wildman–Crippen MR) is 98.1 cm³/mol. The van der Waals surface area contributed by atoms with Gasteiger partial charge in [-0.05, 0) is 18.6 Å². The van der Waals surface area contributed by atoms with E-state index in [9.17, 15) is 31.1 Å². The Balaban J connectivity index is 2.73. The number of rotatable bonds is 6. The molecule has 0 aliphatic rings. The minimum atomic E-state index is -5.99. The van der Waals surface area contributed by atoms with E-state index in [1.165, 1.54) is 6.92 Å². The lowest BCUT2D eigenvalue weighted by atomic mass is 10.1. The van der Waals surface area contributed by atoms with Crippen LogP contribution >= 0.6 is 34.8 Å². The molecule has 1 unspecified atom stereocenters. The summed E-state index contributed by atoms with van der Waals surface area (Å²) in [5.74, 6) is -8.27. The van der Waals surface area contributed by atoms with E-state index in [0.29, 0.717) is 6.07 Å². The van der Waals surface area contributed by atoms with Crippen molar-refractivity contribution in [2.45, 2.75) is 31.5 Å². The molecule has 0 aliphatic heterocycles. The summed E-state index contributed by atoms with van der Waals surface area (Å²) in [4.78, 5) is 11.2. The summed E-state index contributed by atoms with van der Waals surface area (Å²) in [5.41, 5.74) is -2.96. The third kappa shape index (κ3) is 4.17. The molecule has 1 atom stereocenters. The number of hydrogen-bond acceptors (Lipinski definition) is 2. The number of nitrogens with zero attached hydrogens (tertiary/aromatic N) is 1. The smallest absolute Gasteiger partial charge is 0.459 e. The maximum atomic E-state index is 14.5. The SMILES string of the molecule is CCC(Oc1cc(-c2c(Cl)c(C(F)(F)C(F)(F)F)n(C)c2Cl)c(F)cc1Cl)C(=O)O. The zero-order chi connectivity index (χ0) is 23.2. The van der Waals surface area contributed by atoms with Gasteiger partial charge in [-0.15, -0.1) is 0 Å². The molecule has 0 bridgehead atoms. The maximum Gasteiger partial charge on any atom is 0.459 e. The summed E-state index contributed by atoms with van der Waals surface area (Å²) in [6.45, 7) is 1.48. The Bertz CT molecular complexity index is 990. The molecule has 1 aromatic heterocycles. The van der Waals surface area contributed by atoms with Gasteiger partial charge in [0.25, 0.3) is 0 Å². The Labute approximate surface area is 180 Å². The molecule has 0 saturated carbocycles. The van der Waals surface area contributed by atoms with Crippen molar-refractivity contribution in [2.75, 3.05) is 0 Å². The Morgan fingerprint density at radius 1 is 1.20 bits per heavy atom. The van der Waals surface area contributed by atoms with Gasteiger partial charge < -0.3 is 14.4 Å². The predicted octanol–water partition coefficient (Wildman–Crippen LogP) is 6.69. The second-order valence-electron chi connectivity index (χ2n) is 6.08. The standard InChI is InChI=1S/C17H12Cl3F6NO3/c1-3-9(15(28)29)30-10-4-6(8(21)5-7(10)18)11-12(19)13(27(2)14(11)20)16(22,23)17(24,25)26/h4-5,9H,3H2,1-2H3,(H,28,29). The average Bonchev–Trinajstić information content (AvgIpc) is 2.83. The van der Waals surface area contributed by atoms with Gasteiger partial charge in [0.05, 0.1) is 10.0 Å². The molecular weight excluding hydrogens is 487 g/mol. The van der Waals surface area contributed by atoms with Gasteiger partial charge in [-0.2, -0.15) is 22.0 Å². The summed E-state index contributed by atoms with van der Waals surface area (Å²) in [6, 6.07) is 1.49. The van der Waals surface area contributed by atoms with E-state index in [-0.39, 0.29) is 21.8 Å². The van der Waals surface area contributed by atoms with Crippen LogP contribution in [0, 0.1) is 5.82 Å². The molecule has 166 valence electrons. The molecule has 2 aromatic rings. The van der Waals surface area contributed by atoms with E-state index >= 15 is 0 Å². The number of aromatic nitrogens is 1. The number of alkyl halides is 5. The first kappa shape index (κ1) is 24.5. The summed E-state index contributed by atoms with van der Waals surface area (Å²) < 4.78 is 86.4. The van der Waals surface area contributed by atoms with E-state index in [0.717, 1.165) is 13.1 Å². The summed E-state index contributed by atoms with van der Waals surface area (Å²) >= 11 is 17.5. The van der Waals surface area contributed by atoms with Crippen LogP contribution in [0.3, 0.4) is 0 Å². The molecule has 0 radical (unpaired) electrons. The summed E-state index contributed by atoms with van der Waals surface area (Å²) in [6.07, 6.45) is -7.38. The largest absolute Gasteiger partial charge is 0.479 e. The van der Waals surface area contributed by atoms with Crippen molar-refractivity contribution < 1.29 is 41.0 Å². The number of aliphatic carboxylic acids is 1. The van der Waals surface area contributed by atoms with E-state index in [4.69, 9.17) is 44.6 Å². The number of carboxylic acids is 1. The molecule has 0 amide bonds. The molecule has 0 spiro atoms. The van der Waals surface area contributed by atoms with Crippen LogP contribution in [0.15, 0.2) is 12.1 Å². The molecule has 0 aliphatic carbocycles. The highest BCUT2D eigenvalue weighted by Crippen LogP contribution is 2.52. The number of ether oxygens (including phenoxy) is 1. The fraction of sp³-hybridized carbons (Fsp3) is 0.353. The van der Waals surface area contributed by atoms with Crippen LogP contribution in [0.2, 0.25) is 15.2 Å². The van der Waals surface area contributed by atoms with E-state index < -0.39 is 57.0 Å². The lowest BCUT2D eigenvalue weighted by Crippen LogP contribution is -2.35. The Kier molecular flexibility index (Phi) is 6.85. The third-order valence-electron chi connectivity index (χ3n) is 4.12. The van der Waals surface area contributed by atoms with Gasteiger partial charge in [0.1, 0.15) is 22.4 Å².